The van der Waals surface area contributed by atoms with Crippen LogP contribution in [0, 0.1) is 5.92 Å². The number of carbonyl (C=O) groups excluding carboxylic acids is 1. The second-order valence-electron chi connectivity index (χ2n) is 4.81. The predicted octanol–water partition coefficient (Wildman–Crippen LogP) is 1.36. The SMILES string of the molecule is CCOCCNC(=O)NC(C(=O)O)C1CCCCC1. The van der Waals surface area contributed by atoms with Gasteiger partial charge in [-0.05, 0) is 25.7 Å². The molecular weight excluding hydrogens is 248 g/mol. The van der Waals surface area contributed by atoms with E-state index in [1.807, 2.05) is 6.92 Å². The Balaban J connectivity index is 2.35. The van der Waals surface area contributed by atoms with E-state index in [4.69, 9.17) is 4.74 Å². The van der Waals surface area contributed by atoms with Crippen LogP contribution in [-0.4, -0.2) is 42.9 Å². The average Bonchev–Trinajstić information content (AvgIpc) is 2.41. The number of carboxylic acids is 1. The first kappa shape index (κ1) is 15.8. The van der Waals surface area contributed by atoms with Crippen LogP contribution >= 0.6 is 0 Å². The lowest BCUT2D eigenvalue weighted by molar-refractivity contribution is -0.141. The molecule has 0 heterocycles. The lowest BCUT2D eigenvalue weighted by Crippen LogP contribution is -2.50. The van der Waals surface area contributed by atoms with Crippen molar-refractivity contribution < 1.29 is 19.4 Å². The molecule has 0 aromatic carbocycles. The fourth-order valence-corrected chi connectivity index (χ4v) is 2.42. The molecule has 110 valence electrons. The molecule has 1 saturated carbocycles. The predicted molar refractivity (Wildman–Crippen MR) is 71.0 cm³/mol. The minimum Gasteiger partial charge on any atom is -0.480 e. The fourth-order valence-electron chi connectivity index (χ4n) is 2.42. The summed E-state index contributed by atoms with van der Waals surface area (Å²) in [6.45, 7) is 3.30. The van der Waals surface area contributed by atoms with Crippen molar-refractivity contribution in [2.24, 2.45) is 5.92 Å². The number of hydrogen-bond donors (Lipinski definition) is 3. The van der Waals surface area contributed by atoms with Crippen molar-refractivity contribution in [3.05, 3.63) is 0 Å². The first-order chi connectivity index (χ1) is 9.15. The minimum absolute atomic E-state index is 0.0453. The lowest BCUT2D eigenvalue weighted by Gasteiger charge is -2.28. The molecule has 0 spiro atoms. The number of nitrogens with one attached hydrogen (secondary N) is 2. The van der Waals surface area contributed by atoms with Crippen molar-refractivity contribution >= 4 is 12.0 Å². The summed E-state index contributed by atoms with van der Waals surface area (Å²) in [6.07, 6.45) is 4.99. The molecule has 19 heavy (non-hydrogen) atoms. The van der Waals surface area contributed by atoms with Gasteiger partial charge in [0.1, 0.15) is 6.04 Å². The van der Waals surface area contributed by atoms with Crippen LogP contribution in [0.5, 0.6) is 0 Å². The third-order valence-corrected chi connectivity index (χ3v) is 3.41. The normalized spacial score (nSPS) is 17.7. The van der Waals surface area contributed by atoms with Crippen LogP contribution in [0.3, 0.4) is 0 Å². The topological polar surface area (TPSA) is 87.7 Å². The molecule has 6 nitrogen and oxygen atoms in total. The Bertz CT molecular complexity index is 290. The highest BCUT2D eigenvalue weighted by molar-refractivity contribution is 5.82. The van der Waals surface area contributed by atoms with Crippen molar-refractivity contribution in [1.29, 1.82) is 0 Å². The standard InChI is InChI=1S/C13H24N2O4/c1-2-19-9-8-14-13(18)15-11(12(16)17)10-6-4-3-5-7-10/h10-11H,2-9H2,1H3,(H,16,17)(H2,14,15,18). The molecule has 0 aromatic rings. The van der Waals surface area contributed by atoms with Gasteiger partial charge in [-0.15, -0.1) is 0 Å². The molecule has 1 atom stereocenters. The molecule has 1 aliphatic carbocycles. The van der Waals surface area contributed by atoms with Gasteiger partial charge in [0.2, 0.25) is 0 Å². The highest BCUT2D eigenvalue weighted by atomic mass is 16.5. The first-order valence-electron chi connectivity index (χ1n) is 7.00. The van der Waals surface area contributed by atoms with Crippen LogP contribution in [0.2, 0.25) is 0 Å². The van der Waals surface area contributed by atoms with Crippen LogP contribution in [0.25, 0.3) is 0 Å². The molecule has 0 radical (unpaired) electrons. The Hall–Kier alpha value is -1.30. The van der Waals surface area contributed by atoms with Gasteiger partial charge in [0.05, 0.1) is 6.61 Å². The number of carbonyl (C=O) groups is 2. The molecule has 6 heteroatoms. The number of urea groups is 1. The van der Waals surface area contributed by atoms with Crippen molar-refractivity contribution in [1.82, 2.24) is 10.6 Å². The van der Waals surface area contributed by atoms with Gasteiger partial charge in [-0.1, -0.05) is 19.3 Å². The van der Waals surface area contributed by atoms with E-state index in [1.165, 1.54) is 0 Å². The molecule has 0 aliphatic heterocycles. The van der Waals surface area contributed by atoms with Gasteiger partial charge < -0.3 is 20.5 Å². The van der Waals surface area contributed by atoms with Crippen LogP contribution in [-0.2, 0) is 9.53 Å². The van der Waals surface area contributed by atoms with Crippen molar-refractivity contribution in [3.63, 3.8) is 0 Å². The average molecular weight is 272 g/mol. The summed E-state index contributed by atoms with van der Waals surface area (Å²) in [5.74, 6) is -0.907. The zero-order valence-electron chi connectivity index (χ0n) is 11.5. The summed E-state index contributed by atoms with van der Waals surface area (Å²) < 4.78 is 5.09. The second-order valence-corrected chi connectivity index (χ2v) is 4.81. The highest BCUT2D eigenvalue weighted by Gasteiger charge is 2.30. The molecule has 1 aliphatic rings. The summed E-state index contributed by atoms with van der Waals surface area (Å²) in [5.41, 5.74) is 0. The molecule has 1 fully saturated rings. The van der Waals surface area contributed by atoms with E-state index in [-0.39, 0.29) is 5.92 Å². The molecule has 1 unspecified atom stereocenters. The zero-order chi connectivity index (χ0) is 14.1. The molecule has 1 rings (SSSR count). The Labute approximate surface area is 113 Å². The fraction of sp³-hybridized carbons (Fsp3) is 0.846. The van der Waals surface area contributed by atoms with Crippen molar-refractivity contribution in [3.8, 4) is 0 Å². The molecule has 2 amide bonds. The van der Waals surface area contributed by atoms with E-state index in [0.717, 1.165) is 32.1 Å². The van der Waals surface area contributed by atoms with Crippen molar-refractivity contribution in [2.75, 3.05) is 19.8 Å². The Morgan fingerprint density at radius 3 is 2.58 bits per heavy atom. The number of amides is 2. The maximum atomic E-state index is 11.6. The third-order valence-electron chi connectivity index (χ3n) is 3.41. The Morgan fingerprint density at radius 1 is 1.32 bits per heavy atom. The monoisotopic (exact) mass is 272 g/mol. The van der Waals surface area contributed by atoms with Crippen LogP contribution in [0.1, 0.15) is 39.0 Å². The quantitative estimate of drug-likeness (QED) is 0.611. The molecule has 0 saturated heterocycles. The first-order valence-corrected chi connectivity index (χ1v) is 7.00. The molecule has 3 N–H and O–H groups in total. The van der Waals surface area contributed by atoms with E-state index >= 15 is 0 Å². The third kappa shape index (κ3) is 5.92. The molecular formula is C13H24N2O4. The van der Waals surface area contributed by atoms with E-state index in [1.54, 1.807) is 0 Å². The summed E-state index contributed by atoms with van der Waals surface area (Å²) in [5, 5.41) is 14.4. The minimum atomic E-state index is -0.952. The van der Waals surface area contributed by atoms with Gasteiger partial charge in [0.25, 0.3) is 0 Å². The summed E-state index contributed by atoms with van der Waals surface area (Å²) >= 11 is 0. The smallest absolute Gasteiger partial charge is 0.326 e. The van der Waals surface area contributed by atoms with Crippen molar-refractivity contribution in [2.45, 2.75) is 45.1 Å². The van der Waals surface area contributed by atoms with Gasteiger partial charge in [-0.25, -0.2) is 9.59 Å². The van der Waals surface area contributed by atoms with E-state index in [0.29, 0.717) is 19.8 Å². The maximum absolute atomic E-state index is 11.6. The lowest BCUT2D eigenvalue weighted by atomic mass is 9.84. The van der Waals surface area contributed by atoms with E-state index < -0.39 is 18.0 Å². The largest absolute Gasteiger partial charge is 0.480 e. The van der Waals surface area contributed by atoms with Gasteiger partial charge in [-0.3, -0.25) is 0 Å². The molecule has 0 bridgehead atoms. The van der Waals surface area contributed by atoms with Crippen LogP contribution < -0.4 is 10.6 Å². The second kappa shape index (κ2) is 8.74. The van der Waals surface area contributed by atoms with Gasteiger partial charge in [0.15, 0.2) is 0 Å². The number of aliphatic carboxylic acids is 1. The van der Waals surface area contributed by atoms with Gasteiger partial charge in [-0.2, -0.15) is 0 Å². The van der Waals surface area contributed by atoms with E-state index in [2.05, 4.69) is 10.6 Å². The highest BCUT2D eigenvalue weighted by Crippen LogP contribution is 2.26. The number of hydrogen-bond acceptors (Lipinski definition) is 3. The summed E-state index contributed by atoms with van der Waals surface area (Å²) in [6, 6.07) is -1.22. The molecule has 0 aromatic heterocycles. The summed E-state index contributed by atoms with van der Waals surface area (Å²) in [4.78, 5) is 22.9. The van der Waals surface area contributed by atoms with Crippen LogP contribution in [0.4, 0.5) is 4.79 Å². The Morgan fingerprint density at radius 2 is 2.00 bits per heavy atom. The number of rotatable bonds is 7. The number of ether oxygens (including phenoxy) is 1. The number of carboxylic acid groups (broad SMARTS) is 1. The Kier molecular flexibility index (Phi) is 7.25. The zero-order valence-corrected chi connectivity index (χ0v) is 11.5. The van der Waals surface area contributed by atoms with Gasteiger partial charge >= 0.3 is 12.0 Å². The maximum Gasteiger partial charge on any atom is 0.326 e. The van der Waals surface area contributed by atoms with Crippen LogP contribution in [0.15, 0.2) is 0 Å². The van der Waals surface area contributed by atoms with E-state index in [9.17, 15) is 14.7 Å². The summed E-state index contributed by atoms with van der Waals surface area (Å²) in [7, 11) is 0. The van der Waals surface area contributed by atoms with Gasteiger partial charge in [0, 0.05) is 13.2 Å².